The third-order valence-corrected chi connectivity index (χ3v) is 5.52. The van der Waals surface area contributed by atoms with Gasteiger partial charge in [-0.2, -0.15) is 0 Å². The summed E-state index contributed by atoms with van der Waals surface area (Å²) < 4.78 is 6.42. The summed E-state index contributed by atoms with van der Waals surface area (Å²) >= 11 is 0. The molecule has 3 aromatic carbocycles. The van der Waals surface area contributed by atoms with Crippen LogP contribution in [-0.2, 0) is 5.41 Å². The van der Waals surface area contributed by atoms with Crippen molar-refractivity contribution < 1.29 is 4.74 Å². The monoisotopic (exact) mass is 377 g/mol. The molecule has 0 saturated heterocycles. The Morgan fingerprint density at radius 1 is 0.655 bits per heavy atom. The number of hydrogen-bond donors (Lipinski definition) is 0. The maximum atomic E-state index is 6.42. The highest BCUT2D eigenvalue weighted by molar-refractivity contribution is 5.96. The quantitative estimate of drug-likeness (QED) is 0.302. The molecule has 2 heterocycles. The van der Waals surface area contributed by atoms with Crippen molar-refractivity contribution in [2.45, 2.75) is 26.2 Å². The number of aromatic nitrogens is 1. The summed E-state index contributed by atoms with van der Waals surface area (Å²) in [5.74, 6) is 1.75. The molecule has 0 aliphatic carbocycles. The van der Waals surface area contributed by atoms with Crippen molar-refractivity contribution in [2.24, 2.45) is 0 Å². The molecule has 142 valence electrons. The number of ether oxygens (including phenoxy) is 1. The van der Waals surface area contributed by atoms with Crippen molar-refractivity contribution in [3.05, 3.63) is 90.6 Å². The fourth-order valence-electron chi connectivity index (χ4n) is 3.98. The Kier molecular flexibility index (Phi) is 4.02. The van der Waals surface area contributed by atoms with Crippen LogP contribution in [0.4, 0.5) is 0 Å². The Labute approximate surface area is 171 Å². The van der Waals surface area contributed by atoms with Gasteiger partial charge in [-0.25, -0.2) is 0 Å². The second kappa shape index (κ2) is 6.59. The number of nitrogens with zero attached hydrogens (tertiary/aromatic N) is 1. The van der Waals surface area contributed by atoms with Gasteiger partial charge in [-0.05, 0) is 46.4 Å². The smallest absolute Gasteiger partial charge is 0.135 e. The third kappa shape index (κ3) is 3.01. The van der Waals surface area contributed by atoms with Crippen LogP contribution in [-0.4, -0.2) is 4.98 Å². The Hall–Kier alpha value is -3.39. The zero-order chi connectivity index (χ0) is 20.0. The zero-order valence-electron chi connectivity index (χ0n) is 16.9. The summed E-state index contributed by atoms with van der Waals surface area (Å²) in [6, 6.07) is 27.3. The molecule has 2 nitrogen and oxygen atoms in total. The summed E-state index contributed by atoms with van der Waals surface area (Å²) in [4.78, 5) is 4.73. The molecule has 0 N–H and O–H groups in total. The fourth-order valence-corrected chi connectivity index (χ4v) is 3.98. The van der Waals surface area contributed by atoms with Gasteiger partial charge in [-0.15, -0.1) is 0 Å². The van der Waals surface area contributed by atoms with E-state index in [0.29, 0.717) is 0 Å². The van der Waals surface area contributed by atoms with Gasteiger partial charge in [-0.1, -0.05) is 75.4 Å². The SMILES string of the molecule is CC(C)(C)c1ccnc(-c2cccc3c2-c2ccccc2-c2ccccc2O3)c1. The van der Waals surface area contributed by atoms with Gasteiger partial charge in [-0.3, -0.25) is 4.98 Å². The maximum absolute atomic E-state index is 6.42. The Morgan fingerprint density at radius 2 is 1.31 bits per heavy atom. The lowest BCUT2D eigenvalue weighted by Gasteiger charge is -2.20. The molecule has 0 fully saturated rings. The van der Waals surface area contributed by atoms with Crippen LogP contribution in [0.5, 0.6) is 11.5 Å². The molecule has 0 saturated carbocycles. The highest BCUT2D eigenvalue weighted by atomic mass is 16.5. The molecular formula is C27H23NO. The van der Waals surface area contributed by atoms with Crippen LogP contribution < -0.4 is 4.74 Å². The van der Waals surface area contributed by atoms with Crippen LogP contribution in [0.3, 0.4) is 0 Å². The van der Waals surface area contributed by atoms with E-state index in [1.807, 2.05) is 24.4 Å². The van der Waals surface area contributed by atoms with Crippen molar-refractivity contribution >= 4 is 0 Å². The maximum Gasteiger partial charge on any atom is 0.135 e. The normalized spacial score (nSPS) is 12.2. The van der Waals surface area contributed by atoms with Crippen molar-refractivity contribution in [1.82, 2.24) is 4.98 Å². The molecule has 29 heavy (non-hydrogen) atoms. The van der Waals surface area contributed by atoms with Crippen molar-refractivity contribution in [1.29, 1.82) is 0 Å². The first-order valence-electron chi connectivity index (χ1n) is 9.99. The number of benzene rings is 3. The highest BCUT2D eigenvalue weighted by Gasteiger charge is 2.24. The summed E-state index contributed by atoms with van der Waals surface area (Å²) in [7, 11) is 0. The van der Waals surface area contributed by atoms with E-state index < -0.39 is 0 Å². The molecule has 2 heteroatoms. The minimum absolute atomic E-state index is 0.0636. The predicted octanol–water partition coefficient (Wildman–Crippen LogP) is 7.49. The number of pyridine rings is 1. The largest absolute Gasteiger partial charge is 0.456 e. The topological polar surface area (TPSA) is 22.1 Å². The standard InChI is InChI=1S/C27H23NO/c1-27(2,3)18-15-16-28-23(17-18)22-12-8-14-25-26(22)21-11-5-4-9-19(21)20-10-6-7-13-24(20)29-25/h4-17H,1-3H3. The van der Waals surface area contributed by atoms with Crippen LogP contribution in [0.15, 0.2) is 85.1 Å². The van der Waals surface area contributed by atoms with Gasteiger partial charge in [0.25, 0.3) is 0 Å². The van der Waals surface area contributed by atoms with E-state index in [-0.39, 0.29) is 5.41 Å². The average Bonchev–Trinajstić information content (AvgIpc) is 2.88. The first-order valence-corrected chi connectivity index (χ1v) is 9.99. The average molecular weight is 377 g/mol. The molecule has 0 radical (unpaired) electrons. The van der Waals surface area contributed by atoms with Gasteiger partial charge in [0.1, 0.15) is 11.5 Å². The van der Waals surface area contributed by atoms with Gasteiger partial charge < -0.3 is 4.74 Å². The minimum atomic E-state index is 0.0636. The summed E-state index contributed by atoms with van der Waals surface area (Å²) in [5.41, 5.74) is 7.96. The molecular weight excluding hydrogens is 354 g/mol. The molecule has 1 aliphatic heterocycles. The van der Waals surface area contributed by atoms with Crippen LogP contribution in [0, 0.1) is 0 Å². The second-order valence-corrected chi connectivity index (χ2v) is 8.50. The van der Waals surface area contributed by atoms with Gasteiger partial charge >= 0.3 is 0 Å². The first kappa shape index (κ1) is 17.7. The molecule has 0 unspecified atom stereocenters. The molecule has 1 aromatic heterocycles. The van der Waals surface area contributed by atoms with E-state index >= 15 is 0 Å². The van der Waals surface area contributed by atoms with E-state index in [4.69, 9.17) is 9.72 Å². The Bertz CT molecular complexity index is 1220. The van der Waals surface area contributed by atoms with Crippen LogP contribution in [0.25, 0.3) is 33.5 Å². The Balaban J connectivity index is 1.80. The van der Waals surface area contributed by atoms with Crippen LogP contribution in [0.2, 0.25) is 0 Å². The molecule has 0 atom stereocenters. The molecule has 0 spiro atoms. The first-order chi connectivity index (χ1) is 14.0. The zero-order valence-corrected chi connectivity index (χ0v) is 16.9. The predicted molar refractivity (Wildman–Crippen MR) is 119 cm³/mol. The summed E-state index contributed by atoms with van der Waals surface area (Å²) in [6.07, 6.45) is 1.91. The lowest BCUT2D eigenvalue weighted by molar-refractivity contribution is 0.488. The fraction of sp³-hybridized carbons (Fsp3) is 0.148. The van der Waals surface area contributed by atoms with Crippen LogP contribution >= 0.6 is 0 Å². The van der Waals surface area contributed by atoms with Gasteiger partial charge in [0.2, 0.25) is 0 Å². The third-order valence-electron chi connectivity index (χ3n) is 5.52. The van der Waals surface area contributed by atoms with E-state index in [0.717, 1.165) is 33.9 Å². The van der Waals surface area contributed by atoms with Gasteiger partial charge in [0.05, 0.1) is 5.69 Å². The molecule has 1 aliphatic rings. The molecule has 5 rings (SSSR count). The molecule has 4 aromatic rings. The lowest BCUT2D eigenvalue weighted by atomic mass is 9.85. The van der Waals surface area contributed by atoms with Gasteiger partial charge in [0, 0.05) is 22.9 Å². The van der Waals surface area contributed by atoms with Crippen molar-refractivity contribution in [3.63, 3.8) is 0 Å². The summed E-state index contributed by atoms with van der Waals surface area (Å²) in [6.45, 7) is 6.69. The second-order valence-electron chi connectivity index (χ2n) is 8.50. The number of fused-ring (bicyclic) bond motifs is 5. The van der Waals surface area contributed by atoms with Crippen molar-refractivity contribution in [3.8, 4) is 45.0 Å². The summed E-state index contributed by atoms with van der Waals surface area (Å²) in [5, 5.41) is 0. The number of rotatable bonds is 1. The van der Waals surface area contributed by atoms with E-state index in [9.17, 15) is 0 Å². The molecule has 0 amide bonds. The van der Waals surface area contributed by atoms with Gasteiger partial charge in [0.15, 0.2) is 0 Å². The minimum Gasteiger partial charge on any atom is -0.456 e. The van der Waals surface area contributed by atoms with Crippen molar-refractivity contribution in [2.75, 3.05) is 0 Å². The van der Waals surface area contributed by atoms with E-state index in [2.05, 4.69) is 81.4 Å². The van der Waals surface area contributed by atoms with E-state index in [1.54, 1.807) is 0 Å². The highest BCUT2D eigenvalue weighted by Crippen LogP contribution is 2.49. The lowest BCUT2D eigenvalue weighted by Crippen LogP contribution is -2.11. The van der Waals surface area contributed by atoms with Crippen LogP contribution in [0.1, 0.15) is 26.3 Å². The number of para-hydroxylation sites is 1. The number of hydrogen-bond acceptors (Lipinski definition) is 2. The Morgan fingerprint density at radius 3 is 2.10 bits per heavy atom. The molecule has 0 bridgehead atoms. The van der Waals surface area contributed by atoms with E-state index in [1.165, 1.54) is 16.7 Å².